The molecule has 2 aromatic carbocycles. The first-order valence-electron chi connectivity index (χ1n) is 11.7. The van der Waals surface area contributed by atoms with Crippen LogP contribution in [0.5, 0.6) is 0 Å². The van der Waals surface area contributed by atoms with Gasteiger partial charge in [0.25, 0.3) is 0 Å². The van der Waals surface area contributed by atoms with Crippen molar-refractivity contribution in [3.05, 3.63) is 52.5 Å². The number of urea groups is 1. The lowest BCUT2D eigenvalue weighted by atomic mass is 9.86. The van der Waals surface area contributed by atoms with Gasteiger partial charge in [-0.25, -0.2) is 9.78 Å². The van der Waals surface area contributed by atoms with Gasteiger partial charge in [-0.15, -0.1) is 0 Å². The van der Waals surface area contributed by atoms with Gasteiger partial charge in [-0.2, -0.15) is 18.2 Å². The highest BCUT2D eigenvalue weighted by Crippen LogP contribution is 2.36. The lowest BCUT2D eigenvalue weighted by Crippen LogP contribution is -2.36. The smallest absolute Gasteiger partial charge is 0.362 e. The van der Waals surface area contributed by atoms with Crippen molar-refractivity contribution in [2.45, 2.75) is 37.9 Å². The largest absolute Gasteiger partial charge is 0.418 e. The number of nitrogens with one attached hydrogen (secondary N) is 3. The molecule has 0 bridgehead atoms. The zero-order chi connectivity index (χ0) is 25.9. The molecule has 3 aromatic rings. The maximum atomic E-state index is 13.3. The molecule has 7 nitrogen and oxygen atoms in total. The number of amides is 2. The minimum Gasteiger partial charge on any atom is -0.362 e. The van der Waals surface area contributed by atoms with Crippen molar-refractivity contribution in [1.82, 2.24) is 15.3 Å². The summed E-state index contributed by atoms with van der Waals surface area (Å²) in [6, 6.07) is 11.1. The lowest BCUT2D eigenvalue weighted by Gasteiger charge is -2.29. The topological polar surface area (TPSA) is 82.2 Å². The summed E-state index contributed by atoms with van der Waals surface area (Å²) in [6.07, 6.45) is -1.06. The fourth-order valence-corrected chi connectivity index (χ4v) is 4.78. The third-order valence-electron chi connectivity index (χ3n) is 6.27. The summed E-state index contributed by atoms with van der Waals surface area (Å²) < 4.78 is 40.1. The Morgan fingerprint density at radius 2 is 1.81 bits per heavy atom. The Hall–Kier alpha value is -3.08. The number of carbonyl (C=O) groups excluding carboxylic acids is 1. The van der Waals surface area contributed by atoms with Crippen LogP contribution in [0.1, 0.15) is 31.2 Å². The number of alkyl halides is 3. The molecule has 4 rings (SSSR count). The minimum atomic E-state index is -4.57. The second-order valence-electron chi connectivity index (χ2n) is 9.17. The van der Waals surface area contributed by atoms with E-state index in [1.807, 2.05) is 43.3 Å². The van der Waals surface area contributed by atoms with E-state index in [1.165, 1.54) is 12.1 Å². The molecule has 0 spiro atoms. The van der Waals surface area contributed by atoms with Crippen LogP contribution in [-0.2, 0) is 6.18 Å². The van der Waals surface area contributed by atoms with E-state index in [4.69, 9.17) is 4.98 Å². The van der Waals surface area contributed by atoms with E-state index in [1.54, 1.807) is 0 Å². The van der Waals surface area contributed by atoms with E-state index < -0.39 is 17.8 Å². The summed E-state index contributed by atoms with van der Waals surface area (Å²) in [5.41, 5.74) is -0.294. The van der Waals surface area contributed by atoms with Gasteiger partial charge in [-0.3, -0.25) is 0 Å². The highest BCUT2D eigenvalue weighted by atomic mass is 79.9. The molecule has 0 saturated heterocycles. The Morgan fingerprint density at radius 3 is 2.50 bits per heavy atom. The number of benzene rings is 2. The molecule has 1 aliphatic carbocycles. The zero-order valence-electron chi connectivity index (χ0n) is 20.0. The molecular formula is C25H28BrF3N6O. The van der Waals surface area contributed by atoms with Gasteiger partial charge in [0.1, 0.15) is 5.82 Å². The van der Waals surface area contributed by atoms with Crippen molar-refractivity contribution in [2.24, 2.45) is 5.92 Å². The predicted molar refractivity (Wildman–Crippen MR) is 139 cm³/mol. The molecule has 1 heterocycles. The third kappa shape index (κ3) is 6.37. The van der Waals surface area contributed by atoms with Gasteiger partial charge in [0, 0.05) is 36.5 Å². The first kappa shape index (κ1) is 26.0. The maximum absolute atomic E-state index is 13.3. The van der Waals surface area contributed by atoms with Crippen LogP contribution in [-0.4, -0.2) is 42.7 Å². The van der Waals surface area contributed by atoms with Crippen LogP contribution in [0.4, 0.5) is 35.4 Å². The van der Waals surface area contributed by atoms with Crippen LogP contribution < -0.4 is 20.9 Å². The van der Waals surface area contributed by atoms with E-state index >= 15 is 0 Å². The average Bonchev–Trinajstić information content (AvgIpc) is 2.83. The molecule has 1 aromatic heterocycles. The van der Waals surface area contributed by atoms with Crippen molar-refractivity contribution < 1.29 is 18.0 Å². The number of rotatable bonds is 6. The van der Waals surface area contributed by atoms with Crippen LogP contribution in [0.2, 0.25) is 0 Å². The Kier molecular flexibility index (Phi) is 7.87. The van der Waals surface area contributed by atoms with Crippen molar-refractivity contribution in [2.75, 3.05) is 36.2 Å². The monoisotopic (exact) mass is 564 g/mol. The number of halogens is 4. The molecule has 192 valence electrons. The zero-order valence-corrected chi connectivity index (χ0v) is 21.6. The van der Waals surface area contributed by atoms with Crippen molar-refractivity contribution >= 4 is 50.3 Å². The van der Waals surface area contributed by atoms with Gasteiger partial charge in [0.15, 0.2) is 0 Å². The quantitative estimate of drug-likeness (QED) is 0.328. The SMILES string of the molecule is CN(C)c1nc(NC2CCC(CNC(=O)Nc3ccc(Br)cc3C(F)(F)F)CC2)nc2ccccc12. The fraction of sp³-hybridized carbons (Fsp3) is 0.400. The van der Waals surface area contributed by atoms with E-state index in [0.717, 1.165) is 48.5 Å². The number of fused-ring (bicyclic) bond motifs is 1. The van der Waals surface area contributed by atoms with Gasteiger partial charge < -0.3 is 20.9 Å². The van der Waals surface area contributed by atoms with Crippen LogP contribution in [0, 0.1) is 5.92 Å². The summed E-state index contributed by atoms with van der Waals surface area (Å²) in [6.45, 7) is 0.397. The molecule has 1 fully saturated rings. The summed E-state index contributed by atoms with van der Waals surface area (Å²) in [7, 11) is 3.90. The second-order valence-corrected chi connectivity index (χ2v) is 10.1. The molecule has 0 radical (unpaired) electrons. The van der Waals surface area contributed by atoms with E-state index in [0.29, 0.717) is 12.5 Å². The van der Waals surface area contributed by atoms with Crippen molar-refractivity contribution in [1.29, 1.82) is 0 Å². The lowest BCUT2D eigenvalue weighted by molar-refractivity contribution is -0.136. The van der Waals surface area contributed by atoms with Crippen LogP contribution >= 0.6 is 15.9 Å². The highest BCUT2D eigenvalue weighted by Gasteiger charge is 2.34. The molecule has 1 saturated carbocycles. The normalized spacial score (nSPS) is 18.1. The number of aromatic nitrogens is 2. The molecule has 36 heavy (non-hydrogen) atoms. The number of anilines is 3. The first-order valence-corrected chi connectivity index (χ1v) is 12.5. The molecule has 1 aliphatic rings. The highest BCUT2D eigenvalue weighted by molar-refractivity contribution is 9.10. The van der Waals surface area contributed by atoms with Crippen LogP contribution in [0.25, 0.3) is 10.9 Å². The molecule has 11 heteroatoms. The Labute approximate surface area is 216 Å². The number of nitrogens with zero attached hydrogens (tertiary/aromatic N) is 3. The number of hydrogen-bond acceptors (Lipinski definition) is 5. The molecule has 2 amide bonds. The van der Waals surface area contributed by atoms with E-state index in [9.17, 15) is 18.0 Å². The molecule has 0 aliphatic heterocycles. The fourth-order valence-electron chi connectivity index (χ4n) is 4.42. The van der Waals surface area contributed by atoms with E-state index in [2.05, 4.69) is 36.9 Å². The minimum absolute atomic E-state index is 0.211. The average molecular weight is 565 g/mol. The Bertz CT molecular complexity index is 1230. The number of para-hydroxylation sites is 1. The Balaban J connectivity index is 1.29. The van der Waals surface area contributed by atoms with E-state index in [-0.39, 0.29) is 22.1 Å². The first-order chi connectivity index (χ1) is 17.1. The van der Waals surface area contributed by atoms with Crippen molar-refractivity contribution in [3.8, 4) is 0 Å². The molecule has 3 N–H and O–H groups in total. The second kappa shape index (κ2) is 10.9. The Morgan fingerprint density at radius 1 is 1.08 bits per heavy atom. The summed E-state index contributed by atoms with van der Waals surface area (Å²) in [4.78, 5) is 23.6. The molecule has 0 atom stereocenters. The van der Waals surface area contributed by atoms with Gasteiger partial charge in [-0.05, 0) is 61.9 Å². The van der Waals surface area contributed by atoms with Crippen LogP contribution in [0.15, 0.2) is 46.9 Å². The van der Waals surface area contributed by atoms with Gasteiger partial charge in [0.05, 0.1) is 16.8 Å². The van der Waals surface area contributed by atoms with Gasteiger partial charge in [0.2, 0.25) is 5.95 Å². The predicted octanol–water partition coefficient (Wildman–Crippen LogP) is 6.27. The summed E-state index contributed by atoms with van der Waals surface area (Å²) in [5.74, 6) is 1.69. The van der Waals surface area contributed by atoms with Crippen LogP contribution in [0.3, 0.4) is 0 Å². The van der Waals surface area contributed by atoms with Gasteiger partial charge >= 0.3 is 12.2 Å². The number of carbonyl (C=O) groups is 1. The summed E-state index contributed by atoms with van der Waals surface area (Å²) >= 11 is 3.04. The third-order valence-corrected chi connectivity index (χ3v) is 6.77. The molecular weight excluding hydrogens is 537 g/mol. The molecule has 0 unspecified atom stereocenters. The van der Waals surface area contributed by atoms with Crippen molar-refractivity contribution in [3.63, 3.8) is 0 Å². The maximum Gasteiger partial charge on any atom is 0.418 e. The van der Waals surface area contributed by atoms with Gasteiger partial charge in [-0.1, -0.05) is 28.1 Å². The standard InChI is InChI=1S/C25H28BrF3N6O/c1-35(2)22-18-5-3-4-6-20(18)32-23(34-22)31-17-10-7-15(8-11-17)14-30-24(36)33-21-12-9-16(26)13-19(21)25(27,28)29/h3-6,9,12-13,15,17H,7-8,10-11,14H2,1-2H3,(H2,30,33,36)(H,31,32,34). The summed E-state index contributed by atoms with van der Waals surface area (Å²) in [5, 5.41) is 9.49. The number of hydrogen-bond donors (Lipinski definition) is 3.